The Balaban J connectivity index is 1.33. The number of amides is 1. The first kappa shape index (κ1) is 24.4. The summed E-state index contributed by atoms with van der Waals surface area (Å²) in [5.74, 6) is 2.10. The Bertz CT molecular complexity index is 1330. The third-order valence-corrected chi connectivity index (χ3v) is 10.4. The molecule has 0 bridgehead atoms. The van der Waals surface area contributed by atoms with Gasteiger partial charge in [-0.1, -0.05) is 25.3 Å². The molecule has 6 nitrogen and oxygen atoms in total. The maximum Gasteiger partial charge on any atom is 0.253 e. The first-order valence-electron chi connectivity index (χ1n) is 13.3. The summed E-state index contributed by atoms with van der Waals surface area (Å²) in [6, 6.07) is 6.36. The highest BCUT2D eigenvalue weighted by atomic mass is 19.1. The summed E-state index contributed by atoms with van der Waals surface area (Å²) in [5.41, 5.74) is 1.79. The Kier molecular flexibility index (Phi) is 5.46. The molecule has 37 heavy (non-hydrogen) atoms. The molecule has 0 spiro atoms. The number of aromatic nitrogens is 2. The van der Waals surface area contributed by atoms with Gasteiger partial charge in [-0.15, -0.1) is 6.42 Å². The third kappa shape index (κ3) is 3.31. The summed E-state index contributed by atoms with van der Waals surface area (Å²) in [6.45, 7) is 4.33. The van der Waals surface area contributed by atoms with Crippen LogP contribution in [0.3, 0.4) is 0 Å². The lowest BCUT2D eigenvalue weighted by Gasteiger charge is -2.60. The van der Waals surface area contributed by atoms with Crippen molar-refractivity contribution < 1.29 is 19.4 Å². The van der Waals surface area contributed by atoms with Gasteiger partial charge in [0.2, 0.25) is 0 Å². The second-order valence-corrected chi connectivity index (χ2v) is 12.0. The van der Waals surface area contributed by atoms with Crippen LogP contribution < -0.4 is 5.32 Å². The molecule has 5 unspecified atom stereocenters. The van der Waals surface area contributed by atoms with Crippen molar-refractivity contribution in [2.75, 3.05) is 6.54 Å². The lowest BCUT2D eigenvalue weighted by atomic mass is 9.45. The minimum atomic E-state index is -1.53. The van der Waals surface area contributed by atoms with Crippen molar-refractivity contribution in [3.8, 4) is 18.0 Å². The van der Waals surface area contributed by atoms with Crippen molar-refractivity contribution in [1.29, 1.82) is 0 Å². The Morgan fingerprint density at radius 3 is 2.78 bits per heavy atom. The zero-order valence-electron chi connectivity index (χ0n) is 21.4. The summed E-state index contributed by atoms with van der Waals surface area (Å²) < 4.78 is 15.4. The molecule has 1 aromatic heterocycles. The van der Waals surface area contributed by atoms with Crippen LogP contribution in [-0.2, 0) is 11.2 Å². The highest BCUT2D eigenvalue weighted by Crippen LogP contribution is 2.67. The van der Waals surface area contributed by atoms with E-state index >= 15 is 0 Å². The summed E-state index contributed by atoms with van der Waals surface area (Å²) in [7, 11) is 0. The van der Waals surface area contributed by atoms with E-state index in [1.54, 1.807) is 12.1 Å². The molecule has 7 atom stereocenters. The summed E-state index contributed by atoms with van der Waals surface area (Å²) in [4.78, 5) is 13.0. The molecule has 1 heterocycles. The molecule has 3 N–H and O–H groups in total. The summed E-state index contributed by atoms with van der Waals surface area (Å²) in [6.07, 6.45) is 12.9. The number of carbonyl (C=O) groups is 1. The maximum absolute atomic E-state index is 13.5. The van der Waals surface area contributed by atoms with Gasteiger partial charge in [0.25, 0.3) is 5.91 Å². The second-order valence-electron chi connectivity index (χ2n) is 12.0. The van der Waals surface area contributed by atoms with Crippen molar-refractivity contribution in [2.45, 2.75) is 64.1 Å². The SMILES string of the molecule is C#CCNC(=O)[C@@]1(O)CCC2C3CCC4=Cc5c(cnn5-c5ccc(F)cc5)CC4(C)C3[C@@H](O)CC21C. The Hall–Kier alpha value is -2.95. The van der Waals surface area contributed by atoms with Crippen LogP contribution in [0.1, 0.15) is 57.2 Å². The van der Waals surface area contributed by atoms with Crippen molar-refractivity contribution >= 4 is 12.0 Å². The average Bonchev–Trinajstić information content (AvgIpc) is 3.38. The first-order valence-corrected chi connectivity index (χ1v) is 13.3. The van der Waals surface area contributed by atoms with E-state index in [1.165, 1.54) is 17.7 Å². The second kappa shape index (κ2) is 8.28. The number of terminal acetylenes is 1. The van der Waals surface area contributed by atoms with Gasteiger partial charge in [0, 0.05) is 5.41 Å². The van der Waals surface area contributed by atoms with E-state index in [1.807, 2.05) is 17.8 Å². The molecule has 0 saturated heterocycles. The Morgan fingerprint density at radius 1 is 1.30 bits per heavy atom. The van der Waals surface area contributed by atoms with E-state index in [9.17, 15) is 19.4 Å². The van der Waals surface area contributed by atoms with Crippen LogP contribution in [0.5, 0.6) is 0 Å². The standard InChI is InChI=1S/C30H34FN3O3/c1-4-13-32-27(36)30(37)12-11-23-22-10-5-19-14-24-18(17-33-34(24)21-8-6-20(31)7-9-21)15-28(19,2)26(22)25(35)16-29(23,30)3/h1,6-9,14,17,22-23,25-26,35,37H,5,10-13,15-16H2,2-3H3,(H,32,36)/t22?,23?,25-,26?,28?,29?,30-/m0/s1. The lowest BCUT2D eigenvalue weighted by molar-refractivity contribution is -0.180. The maximum atomic E-state index is 13.5. The number of nitrogens with one attached hydrogen (secondary N) is 1. The molecule has 4 aliphatic carbocycles. The predicted molar refractivity (Wildman–Crippen MR) is 138 cm³/mol. The van der Waals surface area contributed by atoms with E-state index in [0.29, 0.717) is 12.8 Å². The van der Waals surface area contributed by atoms with Gasteiger partial charge in [-0.2, -0.15) is 5.10 Å². The molecule has 1 aromatic carbocycles. The number of allylic oxidation sites excluding steroid dienone is 1. The van der Waals surface area contributed by atoms with E-state index in [0.717, 1.165) is 42.6 Å². The van der Waals surface area contributed by atoms with Gasteiger partial charge in [-0.25, -0.2) is 9.07 Å². The van der Waals surface area contributed by atoms with Crippen LogP contribution in [0.25, 0.3) is 11.8 Å². The highest BCUT2D eigenvalue weighted by molar-refractivity contribution is 5.86. The fourth-order valence-corrected chi connectivity index (χ4v) is 8.63. The van der Waals surface area contributed by atoms with Gasteiger partial charge < -0.3 is 15.5 Å². The van der Waals surface area contributed by atoms with E-state index in [2.05, 4.69) is 29.3 Å². The van der Waals surface area contributed by atoms with Crippen LogP contribution in [-0.4, -0.2) is 44.2 Å². The number of rotatable bonds is 3. The zero-order chi connectivity index (χ0) is 26.2. The van der Waals surface area contributed by atoms with E-state index < -0.39 is 23.0 Å². The minimum Gasteiger partial charge on any atom is -0.393 e. The van der Waals surface area contributed by atoms with Crippen LogP contribution in [0, 0.1) is 46.7 Å². The molecule has 3 saturated carbocycles. The van der Waals surface area contributed by atoms with Crippen molar-refractivity contribution in [2.24, 2.45) is 28.6 Å². The number of aliphatic hydroxyl groups excluding tert-OH is 1. The van der Waals surface area contributed by atoms with Gasteiger partial charge in [-0.05, 0) is 97.6 Å². The number of hydrogen-bond acceptors (Lipinski definition) is 4. The van der Waals surface area contributed by atoms with Gasteiger partial charge in [0.15, 0.2) is 0 Å². The number of fused-ring (bicyclic) bond motifs is 6. The highest BCUT2D eigenvalue weighted by Gasteiger charge is 2.68. The number of halogens is 1. The Labute approximate surface area is 217 Å². The third-order valence-electron chi connectivity index (χ3n) is 10.4. The largest absolute Gasteiger partial charge is 0.393 e. The first-order chi connectivity index (χ1) is 17.6. The van der Waals surface area contributed by atoms with E-state index in [4.69, 9.17) is 6.42 Å². The molecule has 0 radical (unpaired) electrons. The molecule has 1 amide bonds. The van der Waals surface area contributed by atoms with Crippen molar-refractivity contribution in [3.05, 3.63) is 53.1 Å². The molecule has 4 aliphatic rings. The number of nitrogens with zero attached hydrogens (tertiary/aromatic N) is 2. The fraction of sp³-hybridized carbons (Fsp3) is 0.533. The van der Waals surface area contributed by atoms with Crippen LogP contribution in [0.15, 0.2) is 36.0 Å². The average molecular weight is 504 g/mol. The van der Waals surface area contributed by atoms with Gasteiger partial charge in [0.05, 0.1) is 30.2 Å². The van der Waals surface area contributed by atoms with Gasteiger partial charge in [0.1, 0.15) is 11.4 Å². The molecule has 0 aliphatic heterocycles. The van der Waals surface area contributed by atoms with E-state index in [-0.39, 0.29) is 35.5 Å². The molecular weight excluding hydrogens is 469 g/mol. The molecule has 194 valence electrons. The monoisotopic (exact) mass is 503 g/mol. The molecule has 6 rings (SSSR count). The zero-order valence-corrected chi connectivity index (χ0v) is 21.4. The predicted octanol–water partition coefficient (Wildman–Crippen LogP) is 3.64. The molecule has 7 heteroatoms. The van der Waals surface area contributed by atoms with Gasteiger partial charge >= 0.3 is 0 Å². The lowest BCUT2D eigenvalue weighted by Crippen LogP contribution is -2.63. The number of hydrogen-bond donors (Lipinski definition) is 3. The smallest absolute Gasteiger partial charge is 0.253 e. The topological polar surface area (TPSA) is 87.4 Å². The molecular formula is C30H34FN3O3. The quantitative estimate of drug-likeness (QED) is 0.558. The van der Waals surface area contributed by atoms with Crippen molar-refractivity contribution in [1.82, 2.24) is 15.1 Å². The van der Waals surface area contributed by atoms with Crippen LogP contribution >= 0.6 is 0 Å². The van der Waals surface area contributed by atoms with Crippen molar-refractivity contribution in [3.63, 3.8) is 0 Å². The van der Waals surface area contributed by atoms with Crippen LogP contribution in [0.2, 0.25) is 0 Å². The molecule has 3 fully saturated rings. The van der Waals surface area contributed by atoms with Crippen LogP contribution in [0.4, 0.5) is 4.39 Å². The van der Waals surface area contributed by atoms with Gasteiger partial charge in [-0.3, -0.25) is 4.79 Å². The summed E-state index contributed by atoms with van der Waals surface area (Å²) in [5, 5.41) is 30.7. The summed E-state index contributed by atoms with van der Waals surface area (Å²) >= 11 is 0. The number of aliphatic hydroxyl groups is 2. The Morgan fingerprint density at radius 2 is 2.05 bits per heavy atom. The number of carbonyl (C=O) groups excluding carboxylic acids is 1. The fourth-order valence-electron chi connectivity index (χ4n) is 8.63. The number of benzene rings is 1. The normalized spacial score (nSPS) is 37.9. The molecule has 2 aromatic rings. The minimum absolute atomic E-state index is 0.0315.